The van der Waals surface area contributed by atoms with Crippen molar-refractivity contribution >= 4 is 5.82 Å². The molecule has 5 nitrogen and oxygen atoms in total. The van der Waals surface area contributed by atoms with Crippen molar-refractivity contribution in [1.82, 2.24) is 10.2 Å². The maximum absolute atomic E-state index is 5.32. The van der Waals surface area contributed by atoms with Gasteiger partial charge in [-0.05, 0) is 56.0 Å². The van der Waals surface area contributed by atoms with Crippen LogP contribution in [0.15, 0.2) is 24.3 Å². The summed E-state index contributed by atoms with van der Waals surface area (Å²) in [5.74, 6) is 2.36. The number of rotatable bonds is 7. The van der Waals surface area contributed by atoms with Gasteiger partial charge < -0.3 is 14.8 Å². The molecule has 0 radical (unpaired) electrons. The molecular formula is C17H23N3O2. The van der Waals surface area contributed by atoms with E-state index in [4.69, 9.17) is 9.47 Å². The van der Waals surface area contributed by atoms with Gasteiger partial charge in [-0.2, -0.15) is 5.10 Å². The summed E-state index contributed by atoms with van der Waals surface area (Å²) in [5, 5.41) is 11.6. The minimum atomic E-state index is 0.759. The molecule has 22 heavy (non-hydrogen) atoms. The molecule has 0 atom stereocenters. The number of benzene rings is 1. The lowest BCUT2D eigenvalue weighted by molar-refractivity contribution is 0.354. The summed E-state index contributed by atoms with van der Waals surface area (Å²) in [4.78, 5) is 0. The number of hydrogen-bond acceptors (Lipinski definition) is 5. The summed E-state index contributed by atoms with van der Waals surface area (Å²) in [6.45, 7) is 4.85. The summed E-state index contributed by atoms with van der Waals surface area (Å²) >= 11 is 0. The molecule has 0 aliphatic rings. The largest absolute Gasteiger partial charge is 0.493 e. The van der Waals surface area contributed by atoms with Gasteiger partial charge in [0.2, 0.25) is 0 Å². The molecule has 1 heterocycles. The average molecular weight is 301 g/mol. The van der Waals surface area contributed by atoms with Gasteiger partial charge in [-0.3, -0.25) is 0 Å². The number of aryl methyl sites for hydroxylation is 3. The van der Waals surface area contributed by atoms with Crippen LogP contribution in [0.1, 0.15) is 23.2 Å². The lowest BCUT2D eigenvalue weighted by Gasteiger charge is -2.10. The van der Waals surface area contributed by atoms with Crippen LogP contribution >= 0.6 is 0 Å². The number of methoxy groups -OCH3 is 2. The van der Waals surface area contributed by atoms with E-state index in [9.17, 15) is 0 Å². The maximum atomic E-state index is 5.32. The van der Waals surface area contributed by atoms with Crippen LogP contribution in [0.2, 0.25) is 0 Å². The molecule has 1 N–H and O–H groups in total. The molecule has 118 valence electrons. The number of aromatic nitrogens is 2. The highest BCUT2D eigenvalue weighted by molar-refractivity contribution is 5.43. The van der Waals surface area contributed by atoms with Crippen molar-refractivity contribution in [2.75, 3.05) is 26.1 Å². The fourth-order valence-corrected chi connectivity index (χ4v) is 2.18. The van der Waals surface area contributed by atoms with Gasteiger partial charge in [-0.1, -0.05) is 6.07 Å². The van der Waals surface area contributed by atoms with Gasteiger partial charge in [0.1, 0.15) is 5.82 Å². The zero-order chi connectivity index (χ0) is 15.9. The Morgan fingerprint density at radius 1 is 1.00 bits per heavy atom. The summed E-state index contributed by atoms with van der Waals surface area (Å²) in [7, 11) is 3.30. The minimum absolute atomic E-state index is 0.759. The number of nitrogens with zero attached hydrogens (tertiary/aromatic N) is 2. The fourth-order valence-electron chi connectivity index (χ4n) is 2.18. The van der Waals surface area contributed by atoms with Crippen LogP contribution in [-0.2, 0) is 6.42 Å². The Morgan fingerprint density at radius 3 is 2.45 bits per heavy atom. The van der Waals surface area contributed by atoms with Gasteiger partial charge in [0, 0.05) is 6.54 Å². The Morgan fingerprint density at radius 2 is 1.77 bits per heavy atom. The molecule has 1 aromatic heterocycles. The topological polar surface area (TPSA) is 56.3 Å². The molecule has 0 amide bonds. The molecule has 5 heteroatoms. The van der Waals surface area contributed by atoms with E-state index in [0.29, 0.717) is 0 Å². The van der Waals surface area contributed by atoms with Crippen molar-refractivity contribution in [3.63, 3.8) is 0 Å². The smallest absolute Gasteiger partial charge is 0.160 e. The van der Waals surface area contributed by atoms with Crippen molar-refractivity contribution in [2.45, 2.75) is 26.7 Å². The van der Waals surface area contributed by atoms with E-state index in [2.05, 4.69) is 21.6 Å². The van der Waals surface area contributed by atoms with Crippen LogP contribution in [0.4, 0.5) is 5.82 Å². The maximum Gasteiger partial charge on any atom is 0.160 e. The number of hydrogen-bond donors (Lipinski definition) is 1. The summed E-state index contributed by atoms with van der Waals surface area (Å²) in [5.41, 5.74) is 3.35. The highest BCUT2D eigenvalue weighted by Crippen LogP contribution is 2.27. The number of ether oxygens (including phenoxy) is 2. The highest BCUT2D eigenvalue weighted by Gasteiger charge is 2.04. The molecule has 2 aromatic rings. The first-order valence-electron chi connectivity index (χ1n) is 7.39. The molecule has 0 unspecified atom stereocenters. The Bertz CT molecular complexity index is 629. The van der Waals surface area contributed by atoms with Crippen molar-refractivity contribution in [1.29, 1.82) is 0 Å². The molecule has 0 spiro atoms. The molecule has 0 saturated heterocycles. The van der Waals surface area contributed by atoms with Crippen LogP contribution < -0.4 is 14.8 Å². The lowest BCUT2D eigenvalue weighted by Crippen LogP contribution is -2.06. The lowest BCUT2D eigenvalue weighted by atomic mass is 10.1. The van der Waals surface area contributed by atoms with Gasteiger partial charge >= 0.3 is 0 Å². The third kappa shape index (κ3) is 4.10. The molecule has 1 aromatic carbocycles. The van der Waals surface area contributed by atoms with Gasteiger partial charge in [0.05, 0.1) is 19.9 Å². The number of nitrogens with one attached hydrogen (secondary N) is 1. The van der Waals surface area contributed by atoms with E-state index < -0.39 is 0 Å². The Hall–Kier alpha value is -2.30. The molecule has 0 aliphatic heterocycles. The molecule has 0 aliphatic carbocycles. The fraction of sp³-hybridized carbons (Fsp3) is 0.412. The predicted molar refractivity (Wildman–Crippen MR) is 87.9 cm³/mol. The van der Waals surface area contributed by atoms with Crippen molar-refractivity contribution < 1.29 is 9.47 Å². The zero-order valence-electron chi connectivity index (χ0n) is 13.6. The van der Waals surface area contributed by atoms with Crippen LogP contribution in [0.5, 0.6) is 11.5 Å². The van der Waals surface area contributed by atoms with E-state index in [1.54, 1.807) is 14.2 Å². The van der Waals surface area contributed by atoms with Gasteiger partial charge in [0.25, 0.3) is 0 Å². The van der Waals surface area contributed by atoms with Crippen molar-refractivity contribution in [2.24, 2.45) is 0 Å². The van der Waals surface area contributed by atoms with E-state index in [1.807, 2.05) is 32.0 Å². The van der Waals surface area contributed by atoms with E-state index in [1.165, 1.54) is 5.56 Å². The third-order valence-corrected chi connectivity index (χ3v) is 3.63. The van der Waals surface area contributed by atoms with Gasteiger partial charge in [0.15, 0.2) is 11.5 Å². The summed E-state index contributed by atoms with van der Waals surface area (Å²) < 4.78 is 10.6. The average Bonchev–Trinajstić information content (AvgIpc) is 2.54. The second kappa shape index (κ2) is 7.64. The monoisotopic (exact) mass is 301 g/mol. The van der Waals surface area contributed by atoms with E-state index in [0.717, 1.165) is 48.0 Å². The van der Waals surface area contributed by atoms with E-state index >= 15 is 0 Å². The van der Waals surface area contributed by atoms with Crippen LogP contribution in [0, 0.1) is 13.8 Å². The second-order valence-corrected chi connectivity index (χ2v) is 5.22. The minimum Gasteiger partial charge on any atom is -0.493 e. The SMILES string of the molecule is COc1ccc(CCCNc2cc(C)c(C)nn2)cc1OC. The van der Waals surface area contributed by atoms with E-state index in [-0.39, 0.29) is 0 Å². The standard InChI is InChI=1S/C17H23N3O2/c1-12-10-17(20-19-13(12)2)18-9-5-6-14-7-8-15(21-3)16(11-14)22-4/h7-8,10-11H,5-6,9H2,1-4H3,(H,18,20). The van der Waals surface area contributed by atoms with Crippen LogP contribution in [0.25, 0.3) is 0 Å². The molecule has 0 saturated carbocycles. The Labute approximate surface area is 131 Å². The normalized spacial score (nSPS) is 10.4. The quantitative estimate of drug-likeness (QED) is 0.796. The van der Waals surface area contributed by atoms with Crippen molar-refractivity contribution in [3.05, 3.63) is 41.1 Å². The van der Waals surface area contributed by atoms with Crippen LogP contribution in [0.3, 0.4) is 0 Å². The highest BCUT2D eigenvalue weighted by atomic mass is 16.5. The zero-order valence-corrected chi connectivity index (χ0v) is 13.6. The van der Waals surface area contributed by atoms with Gasteiger partial charge in [-0.25, -0.2) is 0 Å². The second-order valence-electron chi connectivity index (χ2n) is 5.22. The first kappa shape index (κ1) is 16.1. The third-order valence-electron chi connectivity index (χ3n) is 3.63. The Kier molecular flexibility index (Phi) is 5.58. The molecule has 0 fully saturated rings. The first-order chi connectivity index (χ1) is 10.6. The number of anilines is 1. The molecule has 2 rings (SSSR count). The summed E-state index contributed by atoms with van der Waals surface area (Å²) in [6, 6.07) is 8.06. The Balaban J connectivity index is 1.84. The van der Waals surface area contributed by atoms with Gasteiger partial charge in [-0.15, -0.1) is 5.10 Å². The first-order valence-corrected chi connectivity index (χ1v) is 7.39. The summed E-state index contributed by atoms with van der Waals surface area (Å²) in [6.07, 6.45) is 1.97. The molecular weight excluding hydrogens is 278 g/mol. The molecule has 0 bridgehead atoms. The van der Waals surface area contributed by atoms with Crippen molar-refractivity contribution in [3.8, 4) is 11.5 Å². The van der Waals surface area contributed by atoms with Crippen LogP contribution in [-0.4, -0.2) is 31.0 Å². The predicted octanol–water partition coefficient (Wildman–Crippen LogP) is 3.16.